The summed E-state index contributed by atoms with van der Waals surface area (Å²) in [5.41, 5.74) is 6.75. The lowest BCUT2D eigenvalue weighted by molar-refractivity contribution is -0.107. The molecule has 0 aromatic heterocycles. The summed E-state index contributed by atoms with van der Waals surface area (Å²) in [7, 11) is 0. The normalized spacial score (nSPS) is 10.7. The van der Waals surface area contributed by atoms with Crippen LogP contribution in [0, 0.1) is 0 Å². The second-order valence-corrected chi connectivity index (χ2v) is 3.51. The fourth-order valence-corrected chi connectivity index (χ4v) is 1.36. The van der Waals surface area contributed by atoms with E-state index in [1.54, 1.807) is 24.3 Å². The zero-order chi connectivity index (χ0) is 10.6. The Labute approximate surface area is 92.3 Å². The molecule has 0 aliphatic carbocycles. The second-order valence-electron chi connectivity index (χ2n) is 2.70. The Morgan fingerprint density at radius 3 is 2.64 bits per heavy atom. The van der Waals surface area contributed by atoms with Crippen molar-refractivity contribution in [3.05, 3.63) is 33.8 Å². The van der Waals surface area contributed by atoms with E-state index < -0.39 is 0 Å². The number of carbonyl (C=O) groups is 1. The number of benzene rings is 1. The molecular weight excluding hydrogens is 221 g/mol. The predicted molar refractivity (Wildman–Crippen MR) is 60.6 cm³/mol. The Hall–Kier alpha value is -0.990. The van der Waals surface area contributed by atoms with Gasteiger partial charge in [-0.2, -0.15) is 0 Å². The first-order valence-electron chi connectivity index (χ1n) is 4.00. The molecule has 1 rings (SSSR count). The molecule has 0 unspecified atom stereocenters. The molecule has 0 aliphatic rings. The van der Waals surface area contributed by atoms with E-state index in [2.05, 4.69) is 0 Å². The van der Waals surface area contributed by atoms with Gasteiger partial charge in [-0.3, -0.25) is 0 Å². The fourth-order valence-electron chi connectivity index (χ4n) is 0.956. The molecule has 0 heterocycles. The summed E-state index contributed by atoms with van der Waals surface area (Å²) in [6.45, 7) is 0. The third kappa shape index (κ3) is 2.76. The molecule has 0 saturated carbocycles. The number of nitrogen functional groups attached to an aromatic ring is 1. The molecule has 0 atom stereocenters. The molecular formula is C10H9Cl2NO. The summed E-state index contributed by atoms with van der Waals surface area (Å²) < 4.78 is 0. The molecule has 1 aromatic carbocycles. The summed E-state index contributed by atoms with van der Waals surface area (Å²) in [6, 6.07) is 3.25. The van der Waals surface area contributed by atoms with Crippen LogP contribution in [0.15, 0.2) is 18.2 Å². The van der Waals surface area contributed by atoms with Crippen molar-refractivity contribution in [1.82, 2.24) is 0 Å². The number of carbonyl (C=O) groups excluding carboxylic acids is 1. The lowest BCUT2D eigenvalue weighted by atomic mass is 10.2. The highest BCUT2D eigenvalue weighted by Gasteiger charge is 2.01. The fraction of sp³-hybridized carbons (Fsp3) is 0.100. The number of hydrogen-bond donors (Lipinski definition) is 1. The minimum absolute atomic E-state index is 0.359. The van der Waals surface area contributed by atoms with Gasteiger partial charge in [0.1, 0.15) is 6.29 Å². The van der Waals surface area contributed by atoms with Gasteiger partial charge in [0.05, 0.1) is 10.7 Å². The van der Waals surface area contributed by atoms with Crippen LogP contribution < -0.4 is 5.73 Å². The highest BCUT2D eigenvalue weighted by molar-refractivity contribution is 6.36. The Kier molecular flexibility index (Phi) is 3.98. The number of rotatable bonds is 3. The van der Waals surface area contributed by atoms with Gasteiger partial charge >= 0.3 is 0 Å². The van der Waals surface area contributed by atoms with E-state index in [1.165, 1.54) is 0 Å². The van der Waals surface area contributed by atoms with Crippen LogP contribution in [0.1, 0.15) is 12.0 Å². The van der Waals surface area contributed by atoms with E-state index in [9.17, 15) is 4.79 Å². The first-order chi connectivity index (χ1) is 6.65. The topological polar surface area (TPSA) is 43.1 Å². The van der Waals surface area contributed by atoms with Crippen molar-refractivity contribution in [1.29, 1.82) is 0 Å². The van der Waals surface area contributed by atoms with Crippen LogP contribution in [0.25, 0.3) is 6.08 Å². The molecule has 0 spiro atoms. The van der Waals surface area contributed by atoms with Gasteiger partial charge in [0.25, 0.3) is 0 Å². The number of allylic oxidation sites excluding steroid dienone is 1. The molecule has 0 radical (unpaired) electrons. The standard InChI is InChI=1S/C10H9Cl2NO/c11-8-6-10(13)9(12)5-7(8)3-1-2-4-14/h1,3-6H,2,13H2. The molecule has 1 aromatic rings. The maximum absolute atomic E-state index is 10.1. The molecule has 0 saturated heterocycles. The van der Waals surface area contributed by atoms with E-state index >= 15 is 0 Å². The molecule has 2 nitrogen and oxygen atoms in total. The minimum atomic E-state index is 0.359. The maximum Gasteiger partial charge on any atom is 0.123 e. The summed E-state index contributed by atoms with van der Waals surface area (Å²) in [5.74, 6) is 0. The van der Waals surface area contributed by atoms with Gasteiger partial charge in [0.2, 0.25) is 0 Å². The molecule has 14 heavy (non-hydrogen) atoms. The molecule has 74 valence electrons. The summed E-state index contributed by atoms with van der Waals surface area (Å²) in [4.78, 5) is 10.1. The van der Waals surface area contributed by atoms with Crippen molar-refractivity contribution in [2.75, 3.05) is 5.73 Å². The van der Waals surface area contributed by atoms with Crippen LogP contribution in [0.3, 0.4) is 0 Å². The van der Waals surface area contributed by atoms with Crippen molar-refractivity contribution in [3.8, 4) is 0 Å². The quantitative estimate of drug-likeness (QED) is 0.640. The first kappa shape index (κ1) is 11.1. The molecule has 0 fully saturated rings. The van der Waals surface area contributed by atoms with Crippen LogP contribution in [0.2, 0.25) is 10.0 Å². The Morgan fingerprint density at radius 1 is 1.29 bits per heavy atom. The largest absolute Gasteiger partial charge is 0.397 e. The average molecular weight is 230 g/mol. The van der Waals surface area contributed by atoms with Crippen LogP contribution in [-0.2, 0) is 4.79 Å². The summed E-state index contributed by atoms with van der Waals surface area (Å²) >= 11 is 11.7. The highest BCUT2D eigenvalue weighted by Crippen LogP contribution is 2.27. The zero-order valence-electron chi connectivity index (χ0n) is 7.34. The highest BCUT2D eigenvalue weighted by atomic mass is 35.5. The number of halogens is 2. The first-order valence-corrected chi connectivity index (χ1v) is 4.75. The zero-order valence-corrected chi connectivity index (χ0v) is 8.85. The lowest BCUT2D eigenvalue weighted by Gasteiger charge is -2.02. The summed E-state index contributed by atoms with van der Waals surface area (Å²) in [5, 5.41) is 0.981. The van der Waals surface area contributed by atoms with Gasteiger partial charge in [-0.05, 0) is 17.7 Å². The van der Waals surface area contributed by atoms with Crippen molar-refractivity contribution < 1.29 is 4.79 Å². The molecule has 0 aliphatic heterocycles. The Bertz CT molecular complexity index is 375. The van der Waals surface area contributed by atoms with Gasteiger partial charge in [-0.25, -0.2) is 0 Å². The van der Waals surface area contributed by atoms with Crippen LogP contribution in [0.5, 0.6) is 0 Å². The molecule has 4 heteroatoms. The second kappa shape index (κ2) is 5.03. The SMILES string of the molecule is Nc1cc(Cl)c(C=CCC=O)cc1Cl. The third-order valence-electron chi connectivity index (χ3n) is 1.65. The number of aldehydes is 1. The van der Waals surface area contributed by atoms with Crippen LogP contribution in [-0.4, -0.2) is 6.29 Å². The van der Waals surface area contributed by atoms with E-state index in [0.717, 1.165) is 11.8 Å². The van der Waals surface area contributed by atoms with Crippen molar-refractivity contribution >= 4 is 41.3 Å². The molecule has 0 amide bonds. The molecule has 2 N–H and O–H groups in total. The van der Waals surface area contributed by atoms with Gasteiger partial charge < -0.3 is 10.5 Å². The molecule has 0 bridgehead atoms. The average Bonchev–Trinajstić information content (AvgIpc) is 2.14. The van der Waals surface area contributed by atoms with Crippen LogP contribution >= 0.6 is 23.2 Å². The van der Waals surface area contributed by atoms with Gasteiger partial charge in [-0.15, -0.1) is 0 Å². The van der Waals surface area contributed by atoms with Crippen molar-refractivity contribution in [3.63, 3.8) is 0 Å². The number of hydrogen-bond acceptors (Lipinski definition) is 2. The van der Waals surface area contributed by atoms with E-state index in [-0.39, 0.29) is 0 Å². The van der Waals surface area contributed by atoms with E-state index in [4.69, 9.17) is 28.9 Å². The maximum atomic E-state index is 10.1. The Balaban J connectivity index is 2.97. The van der Waals surface area contributed by atoms with Crippen molar-refractivity contribution in [2.24, 2.45) is 0 Å². The predicted octanol–water partition coefficient (Wildman–Crippen LogP) is 3.18. The monoisotopic (exact) mass is 229 g/mol. The van der Waals surface area contributed by atoms with Gasteiger partial charge in [0, 0.05) is 11.4 Å². The Morgan fingerprint density at radius 2 is 2.00 bits per heavy atom. The van der Waals surface area contributed by atoms with Crippen molar-refractivity contribution in [2.45, 2.75) is 6.42 Å². The van der Waals surface area contributed by atoms with Crippen LogP contribution in [0.4, 0.5) is 5.69 Å². The van der Waals surface area contributed by atoms with Gasteiger partial charge in [0.15, 0.2) is 0 Å². The van der Waals surface area contributed by atoms with E-state index in [1.807, 2.05) is 0 Å². The number of nitrogens with two attached hydrogens (primary N) is 1. The third-order valence-corrected chi connectivity index (χ3v) is 2.30. The minimum Gasteiger partial charge on any atom is -0.397 e. The summed E-state index contributed by atoms with van der Waals surface area (Å²) in [6.07, 6.45) is 4.62. The van der Waals surface area contributed by atoms with Gasteiger partial charge in [-0.1, -0.05) is 35.4 Å². The lowest BCUT2D eigenvalue weighted by Crippen LogP contribution is -1.87. The number of anilines is 1. The van der Waals surface area contributed by atoms with E-state index in [0.29, 0.717) is 22.2 Å². The smallest absolute Gasteiger partial charge is 0.123 e.